The van der Waals surface area contributed by atoms with Gasteiger partial charge in [-0.25, -0.2) is 0 Å². The Labute approximate surface area is 151 Å². The lowest BCUT2D eigenvalue weighted by molar-refractivity contribution is -0.140. The molecule has 1 fully saturated rings. The van der Waals surface area contributed by atoms with Crippen LogP contribution >= 0.6 is 0 Å². The molecule has 0 amide bonds. The van der Waals surface area contributed by atoms with Crippen molar-refractivity contribution in [1.82, 2.24) is 0 Å². The van der Waals surface area contributed by atoms with E-state index in [0.29, 0.717) is 6.42 Å². The molecule has 4 heteroatoms. The van der Waals surface area contributed by atoms with Gasteiger partial charge in [0.25, 0.3) is 0 Å². The number of unbranched alkanes of at least 4 members (excludes halogenated alkanes) is 5. The van der Waals surface area contributed by atoms with Crippen LogP contribution in [0.25, 0.3) is 0 Å². The van der Waals surface area contributed by atoms with Crippen molar-refractivity contribution in [2.24, 2.45) is 0 Å². The summed E-state index contributed by atoms with van der Waals surface area (Å²) in [6, 6.07) is 8.22. The predicted molar refractivity (Wildman–Crippen MR) is 98.8 cm³/mol. The summed E-state index contributed by atoms with van der Waals surface area (Å²) in [5, 5.41) is 0. The zero-order valence-corrected chi connectivity index (χ0v) is 15.7. The maximum absolute atomic E-state index is 11.1. The number of rotatable bonds is 13. The highest BCUT2D eigenvalue weighted by atomic mass is 16.6. The summed E-state index contributed by atoms with van der Waals surface area (Å²) in [6.45, 7) is 3.03. The van der Waals surface area contributed by atoms with E-state index in [0.717, 1.165) is 31.6 Å². The van der Waals surface area contributed by atoms with Gasteiger partial charge in [0.1, 0.15) is 11.9 Å². The summed E-state index contributed by atoms with van der Waals surface area (Å²) in [6.07, 6.45) is 10.2. The van der Waals surface area contributed by atoms with Crippen molar-refractivity contribution in [3.63, 3.8) is 0 Å². The zero-order chi connectivity index (χ0) is 17.9. The summed E-state index contributed by atoms with van der Waals surface area (Å²) in [5.41, 5.74) is 1.19. The molecule has 0 N–H and O–H groups in total. The minimum atomic E-state index is -0.149. The average Bonchev–Trinajstić information content (AvgIpc) is 3.41. The summed E-state index contributed by atoms with van der Waals surface area (Å²) in [5.74, 6) is 0.782. The van der Waals surface area contributed by atoms with Crippen molar-refractivity contribution in [2.75, 3.05) is 13.7 Å². The molecule has 0 aliphatic carbocycles. The van der Waals surface area contributed by atoms with Crippen LogP contribution in [0.4, 0.5) is 0 Å². The molecule has 4 nitrogen and oxygen atoms in total. The standard InChI is InChI=1S/C21H32O4/c1-3-4-5-6-7-8-16-24-18-14-12-17(13-15-18)21-19(25-21)10-9-11-20(22)23-2/h12-15,19,21H,3-11,16H2,1-2H3/t19-,21-/m1/s1. The van der Waals surface area contributed by atoms with Crippen molar-refractivity contribution in [3.05, 3.63) is 29.8 Å². The summed E-state index contributed by atoms with van der Waals surface area (Å²) >= 11 is 0. The van der Waals surface area contributed by atoms with Crippen LogP contribution in [0.15, 0.2) is 24.3 Å². The number of carbonyl (C=O) groups is 1. The second-order valence-corrected chi connectivity index (χ2v) is 6.75. The van der Waals surface area contributed by atoms with Crippen molar-refractivity contribution < 1.29 is 19.0 Å². The Morgan fingerprint density at radius 1 is 1.04 bits per heavy atom. The van der Waals surface area contributed by atoms with E-state index in [4.69, 9.17) is 9.47 Å². The van der Waals surface area contributed by atoms with E-state index < -0.39 is 0 Å². The Morgan fingerprint density at radius 2 is 1.76 bits per heavy atom. The van der Waals surface area contributed by atoms with E-state index in [-0.39, 0.29) is 18.2 Å². The van der Waals surface area contributed by atoms with Crippen LogP contribution in [-0.4, -0.2) is 25.8 Å². The van der Waals surface area contributed by atoms with Crippen LogP contribution in [0.3, 0.4) is 0 Å². The van der Waals surface area contributed by atoms with Crippen molar-refractivity contribution >= 4 is 5.97 Å². The van der Waals surface area contributed by atoms with Crippen molar-refractivity contribution in [1.29, 1.82) is 0 Å². The highest BCUT2D eigenvalue weighted by Gasteiger charge is 2.39. The number of epoxide rings is 1. The molecular formula is C21H32O4. The number of carbonyl (C=O) groups excluding carboxylic acids is 1. The third-order valence-electron chi connectivity index (χ3n) is 4.65. The maximum Gasteiger partial charge on any atom is 0.305 e. The van der Waals surface area contributed by atoms with Crippen LogP contribution in [0.5, 0.6) is 5.75 Å². The van der Waals surface area contributed by atoms with Crippen LogP contribution < -0.4 is 4.74 Å². The van der Waals surface area contributed by atoms with Crippen LogP contribution in [0, 0.1) is 0 Å². The third-order valence-corrected chi connectivity index (χ3v) is 4.65. The van der Waals surface area contributed by atoms with Gasteiger partial charge in [0, 0.05) is 6.42 Å². The lowest BCUT2D eigenvalue weighted by Crippen LogP contribution is -2.00. The van der Waals surface area contributed by atoms with E-state index in [2.05, 4.69) is 23.8 Å². The van der Waals surface area contributed by atoms with Gasteiger partial charge in [-0.3, -0.25) is 4.79 Å². The first-order valence-corrected chi connectivity index (χ1v) is 9.69. The summed E-state index contributed by atoms with van der Waals surface area (Å²) < 4.78 is 16.2. The third kappa shape index (κ3) is 7.47. The lowest BCUT2D eigenvalue weighted by atomic mass is 10.1. The molecule has 1 aliphatic heterocycles. The van der Waals surface area contributed by atoms with E-state index in [1.54, 1.807) is 0 Å². The molecule has 0 radical (unpaired) electrons. The normalized spacial score (nSPS) is 18.8. The number of hydrogen-bond acceptors (Lipinski definition) is 4. The molecule has 0 unspecified atom stereocenters. The fourth-order valence-electron chi connectivity index (χ4n) is 3.03. The number of hydrogen-bond donors (Lipinski definition) is 0. The molecule has 2 atom stereocenters. The molecule has 0 aromatic heterocycles. The average molecular weight is 348 g/mol. The van der Waals surface area contributed by atoms with Gasteiger partial charge in [-0.05, 0) is 37.0 Å². The lowest BCUT2D eigenvalue weighted by Gasteiger charge is -2.06. The molecule has 0 bridgehead atoms. The van der Waals surface area contributed by atoms with Gasteiger partial charge in [-0.15, -0.1) is 0 Å². The molecule has 0 spiro atoms. The van der Waals surface area contributed by atoms with E-state index in [1.807, 2.05) is 12.1 Å². The smallest absolute Gasteiger partial charge is 0.305 e. The Bertz CT molecular complexity index is 497. The van der Waals surface area contributed by atoms with Gasteiger partial charge in [0.15, 0.2) is 0 Å². The van der Waals surface area contributed by atoms with Crippen LogP contribution in [0.1, 0.15) is 76.4 Å². The number of esters is 1. The molecular weight excluding hydrogens is 316 g/mol. The SMILES string of the molecule is CCCCCCCCOc1ccc([C@H]2O[C@@H]2CCCC(=O)OC)cc1. The van der Waals surface area contributed by atoms with Gasteiger partial charge >= 0.3 is 5.97 Å². The highest BCUT2D eigenvalue weighted by Crippen LogP contribution is 2.41. The molecule has 25 heavy (non-hydrogen) atoms. The van der Waals surface area contributed by atoms with Crippen molar-refractivity contribution in [3.8, 4) is 5.75 Å². The molecule has 2 rings (SSSR count). The van der Waals surface area contributed by atoms with E-state index >= 15 is 0 Å². The van der Waals surface area contributed by atoms with Crippen LogP contribution in [-0.2, 0) is 14.3 Å². The van der Waals surface area contributed by atoms with E-state index in [9.17, 15) is 4.79 Å². The Morgan fingerprint density at radius 3 is 2.48 bits per heavy atom. The number of benzene rings is 1. The monoisotopic (exact) mass is 348 g/mol. The Balaban J connectivity index is 1.58. The quantitative estimate of drug-likeness (QED) is 0.279. The molecule has 1 aromatic rings. The van der Waals surface area contributed by atoms with E-state index in [1.165, 1.54) is 44.8 Å². The van der Waals surface area contributed by atoms with Crippen LogP contribution in [0.2, 0.25) is 0 Å². The second kappa shape index (κ2) is 11.1. The highest BCUT2D eigenvalue weighted by molar-refractivity contribution is 5.69. The zero-order valence-electron chi connectivity index (χ0n) is 15.7. The molecule has 1 saturated heterocycles. The first kappa shape index (κ1) is 19.8. The fourth-order valence-corrected chi connectivity index (χ4v) is 3.03. The molecule has 140 valence electrons. The first-order chi connectivity index (χ1) is 12.2. The minimum absolute atomic E-state index is 0.149. The van der Waals surface area contributed by atoms with Gasteiger partial charge in [0.2, 0.25) is 0 Å². The summed E-state index contributed by atoms with van der Waals surface area (Å²) in [7, 11) is 1.43. The van der Waals surface area contributed by atoms with Crippen molar-refractivity contribution in [2.45, 2.75) is 76.9 Å². The Hall–Kier alpha value is -1.55. The maximum atomic E-state index is 11.1. The fraction of sp³-hybridized carbons (Fsp3) is 0.667. The largest absolute Gasteiger partial charge is 0.494 e. The molecule has 1 heterocycles. The predicted octanol–water partition coefficient (Wildman–Crippen LogP) is 5.21. The summed E-state index contributed by atoms with van der Waals surface area (Å²) in [4.78, 5) is 11.1. The molecule has 0 saturated carbocycles. The molecule has 1 aliphatic rings. The molecule has 1 aromatic carbocycles. The second-order valence-electron chi connectivity index (χ2n) is 6.75. The van der Waals surface area contributed by atoms with Gasteiger partial charge in [-0.1, -0.05) is 51.2 Å². The van der Waals surface area contributed by atoms with Gasteiger partial charge < -0.3 is 14.2 Å². The number of ether oxygens (including phenoxy) is 3. The number of methoxy groups -OCH3 is 1. The minimum Gasteiger partial charge on any atom is -0.494 e. The first-order valence-electron chi connectivity index (χ1n) is 9.69. The topological polar surface area (TPSA) is 48.1 Å². The Kier molecular flexibility index (Phi) is 8.81. The van der Waals surface area contributed by atoms with Gasteiger partial charge in [-0.2, -0.15) is 0 Å². The van der Waals surface area contributed by atoms with Gasteiger partial charge in [0.05, 0.1) is 19.8 Å².